The highest BCUT2D eigenvalue weighted by Gasteiger charge is 2.45. The Labute approximate surface area is 215 Å². The standard InChI is InChI=1S/C26H38BrNO3S2/c1-28(18-8-6-4-2-3-5-7-17-27)21-13-15-22(16-14-21)31-25(29)26(30,23-11-9-19-32-23)24-12-10-20-33-24/h9-12,19-22,30H,2-8,13-18H2,1H3. The predicted molar refractivity (Wildman–Crippen MR) is 143 cm³/mol. The zero-order valence-electron chi connectivity index (χ0n) is 19.7. The molecule has 1 saturated carbocycles. The third kappa shape index (κ3) is 7.63. The van der Waals surface area contributed by atoms with Crippen LogP contribution in [0.3, 0.4) is 0 Å². The lowest BCUT2D eigenvalue weighted by molar-refractivity contribution is -0.169. The predicted octanol–water partition coefficient (Wildman–Crippen LogP) is 6.96. The molecule has 0 aliphatic heterocycles. The second-order valence-corrected chi connectivity index (χ2v) is 11.8. The Morgan fingerprint density at radius 1 is 1.00 bits per heavy atom. The molecule has 0 aromatic carbocycles. The van der Waals surface area contributed by atoms with Gasteiger partial charge in [0.2, 0.25) is 5.60 Å². The van der Waals surface area contributed by atoms with Crippen molar-refractivity contribution in [3.63, 3.8) is 0 Å². The topological polar surface area (TPSA) is 49.8 Å². The van der Waals surface area contributed by atoms with Gasteiger partial charge in [-0.25, -0.2) is 4.79 Å². The highest BCUT2D eigenvalue weighted by molar-refractivity contribution is 9.09. The summed E-state index contributed by atoms with van der Waals surface area (Å²) >= 11 is 6.27. The molecular weight excluding hydrogens is 518 g/mol. The number of aliphatic hydroxyl groups is 1. The van der Waals surface area contributed by atoms with Crippen LogP contribution in [0, 0.1) is 0 Å². The summed E-state index contributed by atoms with van der Waals surface area (Å²) in [5.74, 6) is -0.541. The number of rotatable bonds is 14. The zero-order chi connectivity index (χ0) is 23.5. The summed E-state index contributed by atoms with van der Waals surface area (Å²) in [7, 11) is 2.24. The zero-order valence-corrected chi connectivity index (χ0v) is 22.9. The smallest absolute Gasteiger partial charge is 0.349 e. The van der Waals surface area contributed by atoms with E-state index in [1.807, 2.05) is 22.9 Å². The van der Waals surface area contributed by atoms with Crippen molar-refractivity contribution < 1.29 is 14.6 Å². The molecule has 0 radical (unpaired) electrons. The maximum Gasteiger partial charge on any atom is 0.349 e. The summed E-state index contributed by atoms with van der Waals surface area (Å²) in [5, 5.41) is 16.3. The van der Waals surface area contributed by atoms with Gasteiger partial charge in [0.05, 0.1) is 9.75 Å². The Bertz CT molecular complexity index is 754. The fourth-order valence-electron chi connectivity index (χ4n) is 4.65. The number of ether oxygens (including phenoxy) is 1. The molecule has 0 unspecified atom stereocenters. The van der Waals surface area contributed by atoms with Crippen LogP contribution in [0.1, 0.15) is 80.4 Å². The van der Waals surface area contributed by atoms with Crippen LogP contribution in [0.2, 0.25) is 0 Å². The summed E-state index contributed by atoms with van der Waals surface area (Å²) in [5.41, 5.74) is -1.70. The van der Waals surface area contributed by atoms with Gasteiger partial charge in [0.1, 0.15) is 6.10 Å². The molecule has 7 heteroatoms. The number of carbonyl (C=O) groups excluding carboxylic acids is 1. The molecule has 1 N–H and O–H groups in total. The first-order valence-electron chi connectivity index (χ1n) is 12.3. The Hall–Kier alpha value is -0.730. The summed E-state index contributed by atoms with van der Waals surface area (Å²) < 4.78 is 5.89. The Morgan fingerprint density at radius 3 is 2.06 bits per heavy atom. The van der Waals surface area contributed by atoms with E-state index in [1.165, 1.54) is 67.6 Å². The van der Waals surface area contributed by atoms with Crippen molar-refractivity contribution >= 4 is 44.6 Å². The average Bonchev–Trinajstić information content (AvgIpc) is 3.55. The fraction of sp³-hybridized carbons (Fsp3) is 0.654. The maximum absolute atomic E-state index is 13.2. The van der Waals surface area contributed by atoms with Crippen molar-refractivity contribution in [2.75, 3.05) is 18.9 Å². The molecule has 2 aromatic rings. The molecule has 33 heavy (non-hydrogen) atoms. The van der Waals surface area contributed by atoms with Crippen LogP contribution < -0.4 is 0 Å². The van der Waals surface area contributed by atoms with Gasteiger partial charge in [-0.15, -0.1) is 22.7 Å². The molecule has 184 valence electrons. The third-order valence-electron chi connectivity index (χ3n) is 6.74. The van der Waals surface area contributed by atoms with Crippen LogP contribution in [0.25, 0.3) is 0 Å². The SMILES string of the molecule is CN(CCCCCCCCCBr)C1CCC(OC(=O)C(O)(c2cccs2)c2cccs2)CC1. The summed E-state index contributed by atoms with van der Waals surface area (Å²) in [6.45, 7) is 1.15. The van der Waals surface area contributed by atoms with Crippen molar-refractivity contribution in [3.05, 3.63) is 44.8 Å². The van der Waals surface area contributed by atoms with Gasteiger partial charge in [0, 0.05) is 11.4 Å². The third-order valence-corrected chi connectivity index (χ3v) is 9.25. The van der Waals surface area contributed by atoms with Crippen LogP contribution in [0.5, 0.6) is 0 Å². The van der Waals surface area contributed by atoms with Crippen LogP contribution in [0.15, 0.2) is 35.0 Å². The summed E-state index contributed by atoms with van der Waals surface area (Å²) in [4.78, 5) is 16.9. The number of hydrogen-bond acceptors (Lipinski definition) is 6. The van der Waals surface area contributed by atoms with Gasteiger partial charge in [-0.05, 0) is 75.0 Å². The van der Waals surface area contributed by atoms with Gasteiger partial charge in [-0.1, -0.05) is 60.2 Å². The lowest BCUT2D eigenvalue weighted by atomic mass is 9.91. The van der Waals surface area contributed by atoms with Crippen LogP contribution >= 0.6 is 38.6 Å². The number of halogens is 1. The second-order valence-electron chi connectivity index (χ2n) is 9.15. The van der Waals surface area contributed by atoms with E-state index in [-0.39, 0.29) is 6.10 Å². The van der Waals surface area contributed by atoms with E-state index in [1.54, 1.807) is 12.1 Å². The number of nitrogens with zero attached hydrogens (tertiary/aromatic N) is 1. The number of esters is 1. The van der Waals surface area contributed by atoms with E-state index in [0.717, 1.165) is 37.6 Å². The van der Waals surface area contributed by atoms with Gasteiger partial charge in [-0.3, -0.25) is 0 Å². The van der Waals surface area contributed by atoms with E-state index in [4.69, 9.17) is 4.74 Å². The van der Waals surface area contributed by atoms with E-state index in [2.05, 4.69) is 27.9 Å². The number of hydrogen-bond donors (Lipinski definition) is 1. The first-order valence-corrected chi connectivity index (χ1v) is 15.2. The normalized spacial score (nSPS) is 19.2. The Balaban J connectivity index is 1.40. The summed E-state index contributed by atoms with van der Waals surface area (Å²) in [6.07, 6.45) is 13.0. The molecular formula is C26H38BrNO3S2. The van der Waals surface area contributed by atoms with Crippen LogP contribution in [0.4, 0.5) is 0 Å². The van der Waals surface area contributed by atoms with Gasteiger partial charge >= 0.3 is 5.97 Å². The minimum atomic E-state index is -1.70. The molecule has 0 bridgehead atoms. The maximum atomic E-state index is 13.2. The first-order chi connectivity index (χ1) is 16.1. The molecule has 0 amide bonds. The Morgan fingerprint density at radius 2 is 1.55 bits per heavy atom. The fourth-order valence-corrected chi connectivity index (χ4v) is 6.76. The van der Waals surface area contributed by atoms with Crippen molar-refractivity contribution in [1.82, 2.24) is 4.90 Å². The Kier molecular flexibility index (Phi) is 11.4. The highest BCUT2D eigenvalue weighted by Crippen LogP contribution is 2.38. The summed E-state index contributed by atoms with van der Waals surface area (Å²) in [6, 6.07) is 7.89. The molecule has 1 aliphatic rings. The second kappa shape index (κ2) is 14.0. The number of alkyl halides is 1. The monoisotopic (exact) mass is 555 g/mol. The molecule has 3 rings (SSSR count). The molecule has 1 fully saturated rings. The molecule has 0 atom stereocenters. The molecule has 2 aromatic heterocycles. The minimum Gasteiger partial charge on any atom is -0.460 e. The van der Waals surface area contributed by atoms with Crippen molar-refractivity contribution in [1.29, 1.82) is 0 Å². The van der Waals surface area contributed by atoms with Crippen molar-refractivity contribution in [2.45, 2.75) is 88.4 Å². The van der Waals surface area contributed by atoms with Gasteiger partial charge in [0.15, 0.2) is 0 Å². The van der Waals surface area contributed by atoms with E-state index in [9.17, 15) is 9.90 Å². The first kappa shape index (κ1) is 26.9. The van der Waals surface area contributed by atoms with E-state index >= 15 is 0 Å². The molecule has 4 nitrogen and oxygen atoms in total. The quantitative estimate of drug-likeness (QED) is 0.155. The lowest BCUT2D eigenvalue weighted by Gasteiger charge is -2.35. The van der Waals surface area contributed by atoms with Crippen LogP contribution in [-0.2, 0) is 15.1 Å². The van der Waals surface area contributed by atoms with Crippen LogP contribution in [-0.4, -0.2) is 47.0 Å². The van der Waals surface area contributed by atoms with E-state index in [0.29, 0.717) is 15.8 Å². The molecule has 2 heterocycles. The number of carbonyl (C=O) groups is 1. The lowest BCUT2D eigenvalue weighted by Crippen LogP contribution is -2.42. The number of unbranched alkanes of at least 4 members (excludes halogenated alkanes) is 6. The van der Waals surface area contributed by atoms with Crippen molar-refractivity contribution in [3.8, 4) is 0 Å². The minimum absolute atomic E-state index is 0.117. The number of thiophene rings is 2. The van der Waals surface area contributed by atoms with Gasteiger partial charge in [0.25, 0.3) is 0 Å². The van der Waals surface area contributed by atoms with Gasteiger partial charge in [-0.2, -0.15) is 0 Å². The van der Waals surface area contributed by atoms with Gasteiger partial charge < -0.3 is 14.7 Å². The molecule has 0 saturated heterocycles. The van der Waals surface area contributed by atoms with E-state index < -0.39 is 11.6 Å². The average molecular weight is 557 g/mol. The molecule has 1 aliphatic carbocycles. The largest absolute Gasteiger partial charge is 0.460 e. The van der Waals surface area contributed by atoms with Crippen molar-refractivity contribution in [2.24, 2.45) is 0 Å². The molecule has 0 spiro atoms. The highest BCUT2D eigenvalue weighted by atomic mass is 79.9.